The van der Waals surface area contributed by atoms with Gasteiger partial charge in [-0.1, -0.05) is 29.8 Å². The van der Waals surface area contributed by atoms with Crippen LogP contribution in [0.4, 0.5) is 11.6 Å². The summed E-state index contributed by atoms with van der Waals surface area (Å²) in [4.78, 5) is 9.00. The molecule has 4 aromatic rings. The van der Waals surface area contributed by atoms with Crippen LogP contribution in [0, 0.1) is 13.8 Å². The summed E-state index contributed by atoms with van der Waals surface area (Å²) in [6.07, 6.45) is 4.42. The number of hydrogen-bond acceptors (Lipinski definition) is 6. The zero-order chi connectivity index (χ0) is 21.8. The Morgan fingerprint density at radius 2 is 2.00 bits per heavy atom. The quantitative estimate of drug-likeness (QED) is 0.456. The fourth-order valence-electron chi connectivity index (χ4n) is 3.51. The number of imidazole rings is 1. The molecule has 4 rings (SSSR count). The predicted molar refractivity (Wildman–Crippen MR) is 121 cm³/mol. The van der Waals surface area contributed by atoms with Crippen molar-refractivity contribution in [3.05, 3.63) is 77.6 Å². The van der Waals surface area contributed by atoms with Gasteiger partial charge in [-0.15, -0.1) is 5.10 Å². The van der Waals surface area contributed by atoms with Gasteiger partial charge in [0.25, 0.3) is 0 Å². The second-order valence-electron chi connectivity index (χ2n) is 7.46. The predicted octanol–water partition coefficient (Wildman–Crippen LogP) is 3.38. The van der Waals surface area contributed by atoms with Gasteiger partial charge in [-0.2, -0.15) is 4.98 Å². The first-order valence-corrected chi connectivity index (χ1v) is 10.2. The second kappa shape index (κ2) is 9.01. The first-order chi connectivity index (χ1) is 15.1. The molecule has 0 aliphatic rings. The van der Waals surface area contributed by atoms with Gasteiger partial charge in [0.05, 0.1) is 31.4 Å². The molecule has 0 amide bonds. The van der Waals surface area contributed by atoms with Crippen LogP contribution < -0.4 is 15.8 Å². The molecule has 3 N–H and O–H groups in total. The lowest BCUT2D eigenvalue weighted by atomic mass is 10.1. The number of benzene rings is 2. The van der Waals surface area contributed by atoms with E-state index in [-0.39, 0.29) is 0 Å². The lowest BCUT2D eigenvalue weighted by Crippen LogP contribution is -2.14. The molecule has 0 bridgehead atoms. The van der Waals surface area contributed by atoms with Crippen LogP contribution in [0.2, 0.25) is 0 Å². The lowest BCUT2D eigenvalue weighted by molar-refractivity contribution is 0.413. The van der Waals surface area contributed by atoms with Crippen molar-refractivity contribution in [1.29, 1.82) is 0 Å². The fraction of sp³-hybridized carbons (Fsp3) is 0.261. The number of nitrogens with two attached hydrogens (primary N) is 1. The van der Waals surface area contributed by atoms with Crippen LogP contribution in [0.1, 0.15) is 22.6 Å². The Morgan fingerprint density at radius 1 is 1.13 bits per heavy atom. The van der Waals surface area contributed by atoms with Gasteiger partial charge >= 0.3 is 0 Å². The number of hydrogen-bond donors (Lipinski definition) is 2. The molecule has 2 aromatic carbocycles. The van der Waals surface area contributed by atoms with E-state index >= 15 is 0 Å². The van der Waals surface area contributed by atoms with E-state index in [1.807, 2.05) is 40.6 Å². The maximum Gasteiger partial charge on any atom is 0.246 e. The van der Waals surface area contributed by atoms with Crippen molar-refractivity contribution in [1.82, 2.24) is 24.3 Å². The Kier molecular flexibility index (Phi) is 5.99. The molecule has 0 saturated carbocycles. The number of methoxy groups -OCH3 is 1. The summed E-state index contributed by atoms with van der Waals surface area (Å²) in [6, 6.07) is 14.3. The van der Waals surface area contributed by atoms with Crippen molar-refractivity contribution in [3.63, 3.8) is 0 Å². The van der Waals surface area contributed by atoms with E-state index in [1.165, 1.54) is 11.1 Å². The first kappa shape index (κ1) is 20.6. The van der Waals surface area contributed by atoms with Crippen LogP contribution in [0.15, 0.2) is 55.0 Å². The summed E-state index contributed by atoms with van der Waals surface area (Å²) in [5, 5.41) is 7.90. The van der Waals surface area contributed by atoms with E-state index < -0.39 is 0 Å². The van der Waals surface area contributed by atoms with Gasteiger partial charge in [0.1, 0.15) is 11.6 Å². The van der Waals surface area contributed by atoms with Gasteiger partial charge in [-0.25, -0.2) is 9.67 Å². The van der Waals surface area contributed by atoms with E-state index in [4.69, 9.17) is 15.5 Å². The molecule has 0 spiro atoms. The van der Waals surface area contributed by atoms with E-state index in [1.54, 1.807) is 13.4 Å². The summed E-state index contributed by atoms with van der Waals surface area (Å²) >= 11 is 0. The standard InChI is InChI=1S/C23H27N7O/c1-16-5-4-6-18(11-16)12-22-27-23(28-30(22)10-9-24)26-19-7-8-20(21(13-19)31-3)29-14-17(2)25-15-29/h4-8,11,13-15H,9-10,12,24H2,1-3H3,(H,26,28). The van der Waals surface area contributed by atoms with Crippen LogP contribution in [-0.2, 0) is 13.0 Å². The highest BCUT2D eigenvalue weighted by molar-refractivity contribution is 5.62. The Morgan fingerprint density at radius 3 is 2.71 bits per heavy atom. The van der Waals surface area contributed by atoms with Crippen molar-refractivity contribution >= 4 is 11.6 Å². The third kappa shape index (κ3) is 4.75. The van der Waals surface area contributed by atoms with Crippen molar-refractivity contribution in [2.75, 3.05) is 19.0 Å². The molecule has 2 aromatic heterocycles. The molecule has 0 aliphatic heterocycles. The smallest absolute Gasteiger partial charge is 0.246 e. The second-order valence-corrected chi connectivity index (χ2v) is 7.46. The van der Waals surface area contributed by atoms with Gasteiger partial charge in [0, 0.05) is 30.9 Å². The molecule has 0 radical (unpaired) electrons. The minimum atomic E-state index is 0.496. The molecule has 8 nitrogen and oxygen atoms in total. The highest BCUT2D eigenvalue weighted by atomic mass is 16.5. The van der Waals surface area contributed by atoms with Gasteiger partial charge in [-0.3, -0.25) is 0 Å². The maximum absolute atomic E-state index is 5.79. The van der Waals surface area contributed by atoms with Crippen LogP contribution in [-0.4, -0.2) is 38.0 Å². The van der Waals surface area contributed by atoms with E-state index in [0.717, 1.165) is 28.6 Å². The molecule has 0 atom stereocenters. The first-order valence-electron chi connectivity index (χ1n) is 10.2. The maximum atomic E-state index is 5.79. The molecular weight excluding hydrogens is 390 g/mol. The summed E-state index contributed by atoms with van der Waals surface area (Å²) in [5.74, 6) is 2.13. The minimum Gasteiger partial charge on any atom is -0.494 e. The Balaban J connectivity index is 1.58. The van der Waals surface area contributed by atoms with Crippen molar-refractivity contribution in [3.8, 4) is 11.4 Å². The molecule has 2 heterocycles. The Labute approximate surface area is 181 Å². The third-order valence-corrected chi connectivity index (χ3v) is 4.96. The topological polar surface area (TPSA) is 95.8 Å². The largest absolute Gasteiger partial charge is 0.494 e. The molecule has 0 aliphatic carbocycles. The molecule has 8 heteroatoms. The monoisotopic (exact) mass is 417 g/mol. The molecular formula is C23H27N7O. The van der Waals surface area contributed by atoms with E-state index in [2.05, 4.69) is 46.6 Å². The van der Waals surface area contributed by atoms with E-state index in [0.29, 0.717) is 25.5 Å². The minimum absolute atomic E-state index is 0.496. The fourth-order valence-corrected chi connectivity index (χ4v) is 3.51. The van der Waals surface area contributed by atoms with Crippen LogP contribution in [0.25, 0.3) is 5.69 Å². The number of aryl methyl sites for hydroxylation is 2. The van der Waals surface area contributed by atoms with Gasteiger partial charge in [-0.05, 0) is 31.5 Å². The Hall–Kier alpha value is -3.65. The zero-order valence-corrected chi connectivity index (χ0v) is 18.0. The summed E-state index contributed by atoms with van der Waals surface area (Å²) < 4.78 is 9.40. The Bertz CT molecular complexity index is 1180. The van der Waals surface area contributed by atoms with Gasteiger partial charge < -0.3 is 20.4 Å². The highest BCUT2D eigenvalue weighted by Gasteiger charge is 2.13. The van der Waals surface area contributed by atoms with Crippen LogP contribution >= 0.6 is 0 Å². The number of nitrogens with zero attached hydrogens (tertiary/aromatic N) is 5. The molecule has 0 saturated heterocycles. The highest BCUT2D eigenvalue weighted by Crippen LogP contribution is 2.28. The number of ether oxygens (including phenoxy) is 1. The number of aromatic nitrogens is 5. The molecule has 0 unspecified atom stereocenters. The van der Waals surface area contributed by atoms with Crippen molar-refractivity contribution in [2.24, 2.45) is 5.73 Å². The van der Waals surface area contributed by atoms with Gasteiger partial charge in [0.2, 0.25) is 5.95 Å². The third-order valence-electron chi connectivity index (χ3n) is 4.96. The SMILES string of the molecule is COc1cc(Nc2nc(Cc3cccc(C)c3)n(CCN)n2)ccc1-n1cnc(C)c1. The van der Waals surface area contributed by atoms with Crippen LogP contribution in [0.3, 0.4) is 0 Å². The van der Waals surface area contributed by atoms with Crippen LogP contribution in [0.5, 0.6) is 5.75 Å². The number of anilines is 2. The van der Waals surface area contributed by atoms with Crippen molar-refractivity contribution in [2.45, 2.75) is 26.8 Å². The summed E-state index contributed by atoms with van der Waals surface area (Å²) in [6.45, 7) is 5.15. The molecule has 160 valence electrons. The summed E-state index contributed by atoms with van der Waals surface area (Å²) in [5.41, 5.74) is 10.9. The summed E-state index contributed by atoms with van der Waals surface area (Å²) in [7, 11) is 1.65. The molecule has 31 heavy (non-hydrogen) atoms. The average molecular weight is 418 g/mol. The van der Waals surface area contributed by atoms with E-state index in [9.17, 15) is 0 Å². The average Bonchev–Trinajstić information content (AvgIpc) is 3.34. The molecule has 0 fully saturated rings. The van der Waals surface area contributed by atoms with Gasteiger partial charge in [0.15, 0.2) is 0 Å². The number of nitrogens with one attached hydrogen (secondary N) is 1. The zero-order valence-electron chi connectivity index (χ0n) is 18.0. The lowest BCUT2D eigenvalue weighted by Gasteiger charge is -2.11. The normalized spacial score (nSPS) is 11.0. The van der Waals surface area contributed by atoms with Crippen molar-refractivity contribution < 1.29 is 4.74 Å². The number of rotatable bonds is 8.